The number of hydrogen-bond acceptors (Lipinski definition) is 4. The van der Waals surface area contributed by atoms with Gasteiger partial charge in [-0.05, 0) is 91.9 Å². The maximum absolute atomic E-state index is 12.7. The van der Waals surface area contributed by atoms with Gasteiger partial charge in [-0.25, -0.2) is 8.42 Å². The van der Waals surface area contributed by atoms with Gasteiger partial charge in [-0.3, -0.25) is 14.0 Å². The van der Waals surface area contributed by atoms with Crippen LogP contribution in [0.5, 0.6) is 0 Å². The van der Waals surface area contributed by atoms with Crippen molar-refractivity contribution < 1.29 is 13.2 Å². The van der Waals surface area contributed by atoms with E-state index in [1.165, 1.54) is 48.5 Å². The number of carbonyl (C=O) groups is 1. The minimum atomic E-state index is -3.48. The molecular formula is C30H37N3O3S. The summed E-state index contributed by atoms with van der Waals surface area (Å²) >= 11 is 0. The SMILES string of the molecule is Cc1cc(C)cc(N(Cc2ccc(C(=O)NCc3ccc(CN4CCCCC4)cc3)cc2)S(C)(=O)=O)c1. The predicted octanol–water partition coefficient (Wildman–Crippen LogP) is 5.19. The zero-order valence-corrected chi connectivity index (χ0v) is 22.9. The Kier molecular flexibility index (Phi) is 8.67. The second-order valence-electron chi connectivity index (χ2n) is 10.1. The molecule has 196 valence electrons. The number of amides is 1. The maximum atomic E-state index is 12.7. The molecule has 0 saturated carbocycles. The number of nitrogens with zero attached hydrogens (tertiary/aromatic N) is 2. The molecule has 0 spiro atoms. The second kappa shape index (κ2) is 11.9. The third kappa shape index (κ3) is 7.66. The molecule has 1 aliphatic rings. The van der Waals surface area contributed by atoms with Crippen molar-refractivity contribution in [1.82, 2.24) is 10.2 Å². The van der Waals surface area contributed by atoms with Crippen LogP contribution >= 0.6 is 0 Å². The van der Waals surface area contributed by atoms with Gasteiger partial charge in [0, 0.05) is 18.7 Å². The number of carbonyl (C=O) groups excluding carboxylic acids is 1. The lowest BCUT2D eigenvalue weighted by atomic mass is 10.1. The molecule has 4 rings (SSSR count). The molecule has 0 atom stereocenters. The van der Waals surface area contributed by atoms with Gasteiger partial charge in [0.2, 0.25) is 10.0 Å². The first-order chi connectivity index (χ1) is 17.7. The number of sulfonamides is 1. The highest BCUT2D eigenvalue weighted by Gasteiger charge is 2.19. The quantitative estimate of drug-likeness (QED) is 0.423. The van der Waals surface area contributed by atoms with Gasteiger partial charge in [-0.1, -0.05) is 48.9 Å². The third-order valence-electron chi connectivity index (χ3n) is 6.77. The molecule has 0 unspecified atom stereocenters. The molecule has 1 heterocycles. The van der Waals surface area contributed by atoms with Crippen molar-refractivity contribution in [3.63, 3.8) is 0 Å². The molecular weight excluding hydrogens is 482 g/mol. The highest BCUT2D eigenvalue weighted by Crippen LogP contribution is 2.24. The lowest BCUT2D eigenvalue weighted by Crippen LogP contribution is -2.29. The average molecular weight is 520 g/mol. The van der Waals surface area contributed by atoms with Crippen molar-refractivity contribution in [3.05, 3.63) is 100 Å². The zero-order chi connectivity index (χ0) is 26.4. The van der Waals surface area contributed by atoms with E-state index >= 15 is 0 Å². The van der Waals surface area contributed by atoms with Crippen LogP contribution in [0, 0.1) is 13.8 Å². The molecule has 0 aromatic heterocycles. The fourth-order valence-corrected chi connectivity index (χ4v) is 5.72. The van der Waals surface area contributed by atoms with Crippen LogP contribution in [-0.4, -0.2) is 38.6 Å². The second-order valence-corrected chi connectivity index (χ2v) is 12.1. The summed E-state index contributed by atoms with van der Waals surface area (Å²) in [7, 11) is -3.48. The van der Waals surface area contributed by atoms with Gasteiger partial charge < -0.3 is 5.32 Å². The predicted molar refractivity (Wildman–Crippen MR) is 150 cm³/mol. The number of aryl methyl sites for hydroxylation is 2. The first-order valence-corrected chi connectivity index (χ1v) is 14.8. The van der Waals surface area contributed by atoms with E-state index in [0.717, 1.165) is 28.8 Å². The summed E-state index contributed by atoms with van der Waals surface area (Å²) in [5, 5.41) is 2.98. The Balaban J connectivity index is 1.34. The molecule has 0 radical (unpaired) electrons. The van der Waals surface area contributed by atoms with Crippen molar-refractivity contribution in [2.75, 3.05) is 23.7 Å². The van der Waals surface area contributed by atoms with Crippen LogP contribution in [0.15, 0.2) is 66.7 Å². The fourth-order valence-electron chi connectivity index (χ4n) is 4.84. The van der Waals surface area contributed by atoms with Crippen molar-refractivity contribution in [2.45, 2.75) is 52.7 Å². The third-order valence-corrected chi connectivity index (χ3v) is 7.91. The van der Waals surface area contributed by atoms with Gasteiger partial charge in [0.1, 0.15) is 0 Å². The smallest absolute Gasteiger partial charge is 0.251 e. The first-order valence-electron chi connectivity index (χ1n) is 12.9. The van der Waals surface area contributed by atoms with Crippen LogP contribution in [0.3, 0.4) is 0 Å². The Labute approximate surface area is 221 Å². The number of piperidine rings is 1. The van der Waals surface area contributed by atoms with Crippen LogP contribution in [0.4, 0.5) is 5.69 Å². The summed E-state index contributed by atoms with van der Waals surface area (Å²) in [6.45, 7) is 7.90. The number of hydrogen-bond donors (Lipinski definition) is 1. The number of likely N-dealkylation sites (tertiary alicyclic amines) is 1. The molecule has 6 nitrogen and oxygen atoms in total. The number of benzene rings is 3. The van der Waals surface area contributed by atoms with E-state index in [1.54, 1.807) is 12.1 Å². The molecule has 37 heavy (non-hydrogen) atoms. The lowest BCUT2D eigenvalue weighted by molar-refractivity contribution is 0.0951. The van der Waals surface area contributed by atoms with Gasteiger partial charge in [0.25, 0.3) is 5.91 Å². The Morgan fingerprint density at radius 3 is 2.00 bits per heavy atom. The Bertz CT molecular complexity index is 1290. The normalized spacial score (nSPS) is 14.4. The Morgan fingerprint density at radius 1 is 0.838 bits per heavy atom. The summed E-state index contributed by atoms with van der Waals surface area (Å²) in [6.07, 6.45) is 5.12. The molecule has 0 bridgehead atoms. The highest BCUT2D eigenvalue weighted by molar-refractivity contribution is 7.92. The van der Waals surface area contributed by atoms with Crippen LogP contribution in [0.1, 0.15) is 57.4 Å². The standard InChI is InChI=1S/C30H37N3O3S/c1-23-17-24(2)19-29(18-23)33(37(3,35)36)22-27-11-13-28(14-12-27)30(34)31-20-25-7-9-26(10-8-25)21-32-15-5-4-6-16-32/h7-14,17-19H,4-6,15-16,20-22H2,1-3H3,(H,31,34). The molecule has 3 aromatic carbocycles. The van der Waals surface area contributed by atoms with Crippen LogP contribution in [0.2, 0.25) is 0 Å². The first kappa shape index (κ1) is 26.9. The van der Waals surface area contributed by atoms with E-state index in [-0.39, 0.29) is 12.5 Å². The van der Waals surface area contributed by atoms with E-state index < -0.39 is 10.0 Å². The van der Waals surface area contributed by atoms with Crippen LogP contribution in [-0.2, 0) is 29.7 Å². The fraction of sp³-hybridized carbons (Fsp3) is 0.367. The average Bonchev–Trinajstić information content (AvgIpc) is 2.86. The van der Waals surface area contributed by atoms with Crippen molar-refractivity contribution in [2.24, 2.45) is 0 Å². The zero-order valence-electron chi connectivity index (χ0n) is 22.0. The molecule has 1 fully saturated rings. The summed E-state index contributed by atoms with van der Waals surface area (Å²) < 4.78 is 26.5. The Morgan fingerprint density at radius 2 is 1.41 bits per heavy atom. The van der Waals surface area contributed by atoms with Crippen LogP contribution < -0.4 is 9.62 Å². The Hall–Kier alpha value is -3.16. The molecule has 0 aliphatic carbocycles. The largest absolute Gasteiger partial charge is 0.348 e. The van der Waals surface area contributed by atoms with Crippen molar-refractivity contribution >= 4 is 21.6 Å². The molecule has 1 aliphatic heterocycles. The van der Waals surface area contributed by atoms with E-state index in [9.17, 15) is 13.2 Å². The summed E-state index contributed by atoms with van der Waals surface area (Å²) in [6, 6.07) is 21.3. The van der Waals surface area contributed by atoms with Gasteiger partial charge in [0.15, 0.2) is 0 Å². The van der Waals surface area contributed by atoms with Crippen molar-refractivity contribution in [3.8, 4) is 0 Å². The molecule has 1 amide bonds. The molecule has 1 N–H and O–H groups in total. The molecule has 3 aromatic rings. The van der Waals surface area contributed by atoms with Gasteiger partial charge >= 0.3 is 0 Å². The number of nitrogens with one attached hydrogen (secondary N) is 1. The number of anilines is 1. The van der Waals surface area contributed by atoms with Gasteiger partial charge in [-0.15, -0.1) is 0 Å². The topological polar surface area (TPSA) is 69.7 Å². The van der Waals surface area contributed by atoms with Gasteiger partial charge in [0.05, 0.1) is 18.5 Å². The summed E-state index contributed by atoms with van der Waals surface area (Å²) in [5.41, 5.74) is 6.37. The lowest BCUT2D eigenvalue weighted by Gasteiger charge is -2.26. The monoisotopic (exact) mass is 519 g/mol. The van der Waals surface area contributed by atoms with Gasteiger partial charge in [-0.2, -0.15) is 0 Å². The van der Waals surface area contributed by atoms with E-state index in [4.69, 9.17) is 0 Å². The van der Waals surface area contributed by atoms with Crippen LogP contribution in [0.25, 0.3) is 0 Å². The minimum Gasteiger partial charge on any atom is -0.348 e. The van der Waals surface area contributed by atoms with E-state index in [2.05, 4.69) is 34.5 Å². The highest BCUT2D eigenvalue weighted by atomic mass is 32.2. The van der Waals surface area contributed by atoms with E-state index in [0.29, 0.717) is 17.8 Å². The summed E-state index contributed by atoms with van der Waals surface area (Å²) in [5.74, 6) is -0.154. The summed E-state index contributed by atoms with van der Waals surface area (Å²) in [4.78, 5) is 15.2. The number of rotatable bonds is 9. The molecule has 7 heteroatoms. The van der Waals surface area contributed by atoms with Crippen molar-refractivity contribution in [1.29, 1.82) is 0 Å². The van der Waals surface area contributed by atoms with E-state index in [1.807, 2.05) is 44.2 Å². The molecule has 1 saturated heterocycles. The maximum Gasteiger partial charge on any atom is 0.251 e. The minimum absolute atomic E-state index is 0.154.